The van der Waals surface area contributed by atoms with Crippen molar-refractivity contribution < 1.29 is 18.8 Å². The number of hydrogen-bond acceptors (Lipinski definition) is 5. The molecule has 2 aromatic carbocycles. The molecule has 0 saturated carbocycles. The van der Waals surface area contributed by atoms with Crippen LogP contribution in [0.5, 0.6) is 0 Å². The van der Waals surface area contributed by atoms with Crippen LogP contribution in [0.4, 0.5) is 0 Å². The third kappa shape index (κ3) is 4.46. The fourth-order valence-corrected chi connectivity index (χ4v) is 6.41. The number of nitrogens with zero attached hydrogens (tertiary/aromatic N) is 1. The molecule has 2 aliphatic heterocycles. The minimum atomic E-state index is -0.806. The van der Waals surface area contributed by atoms with Crippen LogP contribution >= 0.6 is 11.8 Å². The number of carbonyl (C=O) groups excluding carboxylic acids is 3. The van der Waals surface area contributed by atoms with E-state index in [1.807, 2.05) is 62.4 Å². The summed E-state index contributed by atoms with van der Waals surface area (Å²) in [6.45, 7) is 4.17. The van der Waals surface area contributed by atoms with Gasteiger partial charge in [-0.2, -0.15) is 0 Å². The molecule has 1 aromatic heterocycles. The topological polar surface area (TPSA) is 91.7 Å². The molecule has 8 heteroatoms. The Labute approximate surface area is 208 Å². The van der Waals surface area contributed by atoms with Gasteiger partial charge in [0, 0.05) is 16.7 Å². The molecule has 3 amide bonds. The minimum Gasteiger partial charge on any atom is -0.467 e. The lowest BCUT2D eigenvalue weighted by Crippen LogP contribution is -2.57. The molecule has 35 heavy (non-hydrogen) atoms. The third-order valence-corrected chi connectivity index (χ3v) is 8.01. The molecular formula is C27H27N3O4S. The number of amides is 3. The first-order valence-electron chi connectivity index (χ1n) is 11.6. The predicted octanol–water partition coefficient (Wildman–Crippen LogP) is 3.67. The van der Waals surface area contributed by atoms with Crippen LogP contribution in [-0.4, -0.2) is 39.5 Å². The molecule has 0 unspecified atom stereocenters. The number of benzene rings is 2. The van der Waals surface area contributed by atoms with E-state index in [1.54, 1.807) is 41.1 Å². The molecule has 3 atom stereocenters. The second kappa shape index (κ2) is 9.26. The summed E-state index contributed by atoms with van der Waals surface area (Å²) in [5.41, 5.74) is 2.49. The maximum atomic E-state index is 13.7. The molecule has 3 aromatic rings. The van der Waals surface area contributed by atoms with Gasteiger partial charge in [0.1, 0.15) is 23.2 Å². The summed E-state index contributed by atoms with van der Waals surface area (Å²) in [5, 5.41) is 5.60. The van der Waals surface area contributed by atoms with Crippen molar-refractivity contribution in [1.29, 1.82) is 0 Å². The highest BCUT2D eigenvalue weighted by Crippen LogP contribution is 2.56. The lowest BCUT2D eigenvalue weighted by Gasteiger charge is -2.31. The minimum absolute atomic E-state index is 0.147. The van der Waals surface area contributed by atoms with E-state index < -0.39 is 16.8 Å². The predicted molar refractivity (Wildman–Crippen MR) is 133 cm³/mol. The molecule has 7 nitrogen and oxygen atoms in total. The van der Waals surface area contributed by atoms with Crippen LogP contribution in [0.25, 0.3) is 0 Å². The largest absolute Gasteiger partial charge is 0.467 e. The lowest BCUT2D eigenvalue weighted by atomic mass is 9.99. The molecule has 180 valence electrons. The fourth-order valence-electron chi connectivity index (χ4n) is 4.82. The molecule has 2 N–H and O–H groups in total. The van der Waals surface area contributed by atoms with Crippen molar-refractivity contribution in [2.75, 3.05) is 0 Å². The van der Waals surface area contributed by atoms with Gasteiger partial charge in [-0.25, -0.2) is 0 Å². The maximum Gasteiger partial charge on any atom is 0.256 e. The first-order chi connectivity index (χ1) is 16.8. The second-order valence-corrected chi connectivity index (χ2v) is 11.1. The van der Waals surface area contributed by atoms with Crippen molar-refractivity contribution in [1.82, 2.24) is 15.5 Å². The Balaban J connectivity index is 1.37. The van der Waals surface area contributed by atoms with Crippen LogP contribution < -0.4 is 10.6 Å². The number of hydrogen-bond donors (Lipinski definition) is 2. The zero-order valence-corrected chi connectivity index (χ0v) is 20.4. The number of fused-ring (bicyclic) bond motifs is 3. The van der Waals surface area contributed by atoms with Crippen molar-refractivity contribution in [3.05, 3.63) is 95.4 Å². The smallest absolute Gasteiger partial charge is 0.256 e. The first-order valence-corrected chi connectivity index (χ1v) is 12.5. The van der Waals surface area contributed by atoms with E-state index in [1.165, 1.54) is 0 Å². The normalized spacial score (nSPS) is 20.7. The van der Waals surface area contributed by atoms with Gasteiger partial charge in [0.15, 0.2) is 0 Å². The SMILES string of the molecule is CC1(C)S[C@@H]2c3ccccc3C(=O)N2[C@@H]1C(=O)N[C@H](Cc1ccccc1)C(=O)NCc1ccco1. The zero-order chi connectivity index (χ0) is 24.6. The number of thioether (sulfide) groups is 1. The summed E-state index contributed by atoms with van der Waals surface area (Å²) in [7, 11) is 0. The van der Waals surface area contributed by atoms with Gasteiger partial charge in [-0.05, 0) is 43.2 Å². The van der Waals surface area contributed by atoms with Crippen LogP contribution in [0.1, 0.15) is 46.5 Å². The lowest BCUT2D eigenvalue weighted by molar-refractivity contribution is -0.131. The van der Waals surface area contributed by atoms with Gasteiger partial charge in [-0.15, -0.1) is 11.8 Å². The van der Waals surface area contributed by atoms with Gasteiger partial charge in [0.25, 0.3) is 5.91 Å². The summed E-state index contributed by atoms with van der Waals surface area (Å²) >= 11 is 1.60. The molecule has 1 fully saturated rings. The average molecular weight is 490 g/mol. The van der Waals surface area contributed by atoms with E-state index in [9.17, 15) is 14.4 Å². The Hall–Kier alpha value is -3.52. The van der Waals surface area contributed by atoms with Gasteiger partial charge in [0.05, 0.1) is 12.8 Å². The van der Waals surface area contributed by atoms with E-state index in [4.69, 9.17) is 4.42 Å². The molecule has 1 saturated heterocycles. The van der Waals surface area contributed by atoms with Gasteiger partial charge >= 0.3 is 0 Å². The Bertz CT molecular complexity index is 1240. The maximum absolute atomic E-state index is 13.7. The van der Waals surface area contributed by atoms with Crippen LogP contribution in [0.15, 0.2) is 77.4 Å². The number of nitrogens with one attached hydrogen (secondary N) is 2. The van der Waals surface area contributed by atoms with E-state index in [0.717, 1.165) is 11.1 Å². The van der Waals surface area contributed by atoms with Crippen molar-refractivity contribution in [2.24, 2.45) is 0 Å². The summed E-state index contributed by atoms with van der Waals surface area (Å²) < 4.78 is 4.78. The quantitative estimate of drug-likeness (QED) is 0.528. The summed E-state index contributed by atoms with van der Waals surface area (Å²) in [6.07, 6.45) is 1.88. The Morgan fingerprint density at radius 1 is 1.06 bits per heavy atom. The Morgan fingerprint density at radius 3 is 2.54 bits per heavy atom. The average Bonchev–Trinajstić information content (AvgIpc) is 3.53. The molecule has 0 radical (unpaired) electrons. The summed E-state index contributed by atoms with van der Waals surface area (Å²) in [5.74, 6) is -0.166. The highest BCUT2D eigenvalue weighted by atomic mass is 32.2. The van der Waals surface area contributed by atoms with Crippen molar-refractivity contribution >= 4 is 29.5 Å². The van der Waals surface area contributed by atoms with E-state index in [2.05, 4.69) is 10.6 Å². The number of furan rings is 1. The van der Waals surface area contributed by atoms with Gasteiger partial charge < -0.3 is 20.0 Å². The molecule has 0 aliphatic carbocycles. The number of carbonyl (C=O) groups is 3. The fraction of sp³-hybridized carbons (Fsp3) is 0.296. The molecule has 0 bridgehead atoms. The van der Waals surface area contributed by atoms with Gasteiger partial charge in [-0.3, -0.25) is 14.4 Å². The third-order valence-electron chi connectivity index (χ3n) is 6.48. The monoisotopic (exact) mass is 489 g/mol. The summed E-state index contributed by atoms with van der Waals surface area (Å²) in [6, 6.07) is 19.1. The van der Waals surface area contributed by atoms with Gasteiger partial charge in [-0.1, -0.05) is 48.5 Å². The molecule has 3 heterocycles. The van der Waals surface area contributed by atoms with Crippen LogP contribution in [0.3, 0.4) is 0 Å². The summed E-state index contributed by atoms with van der Waals surface area (Å²) in [4.78, 5) is 41.8. The van der Waals surface area contributed by atoms with Crippen molar-refractivity contribution in [3.8, 4) is 0 Å². The van der Waals surface area contributed by atoms with Crippen LogP contribution in [0.2, 0.25) is 0 Å². The Kier molecular flexibility index (Phi) is 6.15. The zero-order valence-electron chi connectivity index (χ0n) is 19.6. The standard InChI is InChI=1S/C27H27N3O4S/c1-27(2)22(30-25(33)19-12-6-7-13-20(19)26(30)35-27)24(32)29-21(15-17-9-4-3-5-10-17)23(31)28-16-18-11-8-14-34-18/h3-14,21-22,26H,15-16H2,1-2H3,(H,28,31)(H,29,32)/t21-,22-,26-/m1/s1. The van der Waals surface area contributed by atoms with E-state index >= 15 is 0 Å². The molecular weight excluding hydrogens is 462 g/mol. The highest BCUT2D eigenvalue weighted by Gasteiger charge is 2.57. The molecule has 2 aliphatic rings. The van der Waals surface area contributed by atoms with Crippen molar-refractivity contribution in [2.45, 2.75) is 49.0 Å². The Morgan fingerprint density at radius 2 is 1.80 bits per heavy atom. The highest BCUT2D eigenvalue weighted by molar-refractivity contribution is 8.01. The van der Waals surface area contributed by atoms with Crippen molar-refractivity contribution in [3.63, 3.8) is 0 Å². The molecule has 5 rings (SSSR count). The molecule has 0 spiro atoms. The number of rotatable bonds is 7. The second-order valence-electron chi connectivity index (χ2n) is 9.32. The van der Waals surface area contributed by atoms with E-state index in [0.29, 0.717) is 17.7 Å². The first kappa shape index (κ1) is 23.2. The van der Waals surface area contributed by atoms with Gasteiger partial charge in [0.2, 0.25) is 11.8 Å². The van der Waals surface area contributed by atoms with Crippen LogP contribution in [0, 0.1) is 0 Å². The van der Waals surface area contributed by atoms with Crippen LogP contribution in [-0.2, 0) is 22.6 Å². The van der Waals surface area contributed by atoms with E-state index in [-0.39, 0.29) is 29.6 Å².